The average Bonchev–Trinajstić information content (AvgIpc) is 3.10. The third kappa shape index (κ3) is 5.99. The van der Waals surface area contributed by atoms with Gasteiger partial charge in [-0.15, -0.1) is 0 Å². The Hall–Kier alpha value is -2.18. The molecule has 1 aromatic carbocycles. The van der Waals surface area contributed by atoms with Gasteiger partial charge >= 0.3 is 5.97 Å². The SMILES string of the molecule is CC(C)(NC1CCCC1)C(=O)OCc1ccc(C=CC(=O)NO)cc1. The third-order valence-electron chi connectivity index (χ3n) is 4.32. The van der Waals surface area contributed by atoms with E-state index in [-0.39, 0.29) is 12.6 Å². The Balaban J connectivity index is 1.84. The lowest BCUT2D eigenvalue weighted by molar-refractivity contribution is -0.152. The fourth-order valence-electron chi connectivity index (χ4n) is 2.90. The Bertz CT molecular complexity index is 617. The van der Waals surface area contributed by atoms with Crippen molar-refractivity contribution in [2.75, 3.05) is 0 Å². The first-order valence-corrected chi connectivity index (χ1v) is 8.57. The third-order valence-corrected chi connectivity index (χ3v) is 4.32. The van der Waals surface area contributed by atoms with Crippen LogP contribution in [0.4, 0.5) is 0 Å². The summed E-state index contributed by atoms with van der Waals surface area (Å²) >= 11 is 0. The number of carbonyl (C=O) groups is 2. The molecule has 0 saturated heterocycles. The van der Waals surface area contributed by atoms with Crippen LogP contribution in [0.2, 0.25) is 0 Å². The lowest BCUT2D eigenvalue weighted by atomic mass is 10.0. The zero-order valence-corrected chi connectivity index (χ0v) is 14.7. The molecule has 0 bridgehead atoms. The molecule has 3 N–H and O–H groups in total. The molecule has 1 aliphatic rings. The van der Waals surface area contributed by atoms with Crippen LogP contribution in [0.15, 0.2) is 30.3 Å². The van der Waals surface area contributed by atoms with E-state index in [9.17, 15) is 9.59 Å². The van der Waals surface area contributed by atoms with E-state index < -0.39 is 11.4 Å². The zero-order valence-electron chi connectivity index (χ0n) is 14.7. The number of rotatable bonds is 7. The summed E-state index contributed by atoms with van der Waals surface area (Å²) in [7, 11) is 0. The molecule has 0 unspecified atom stereocenters. The van der Waals surface area contributed by atoms with Crippen LogP contribution in [0, 0.1) is 0 Å². The lowest BCUT2D eigenvalue weighted by Gasteiger charge is -2.28. The van der Waals surface area contributed by atoms with Crippen molar-refractivity contribution in [1.82, 2.24) is 10.8 Å². The van der Waals surface area contributed by atoms with Crippen LogP contribution in [0.25, 0.3) is 6.08 Å². The molecule has 6 nitrogen and oxygen atoms in total. The smallest absolute Gasteiger partial charge is 0.326 e. The van der Waals surface area contributed by atoms with Crippen LogP contribution in [0.3, 0.4) is 0 Å². The molecule has 25 heavy (non-hydrogen) atoms. The van der Waals surface area contributed by atoms with Gasteiger partial charge in [0.25, 0.3) is 5.91 Å². The molecular formula is C19H26N2O4. The Morgan fingerprint density at radius 2 is 1.88 bits per heavy atom. The summed E-state index contributed by atoms with van der Waals surface area (Å²) in [6.45, 7) is 3.91. The number of amides is 1. The second kappa shape index (κ2) is 8.78. The Morgan fingerprint density at radius 3 is 2.48 bits per heavy atom. The number of hydrogen-bond acceptors (Lipinski definition) is 5. The van der Waals surface area contributed by atoms with Crippen LogP contribution in [0.1, 0.15) is 50.7 Å². The van der Waals surface area contributed by atoms with Gasteiger partial charge in [-0.1, -0.05) is 37.1 Å². The van der Waals surface area contributed by atoms with E-state index in [0.717, 1.165) is 24.0 Å². The number of hydrogen-bond donors (Lipinski definition) is 3. The van der Waals surface area contributed by atoms with Crippen molar-refractivity contribution in [3.63, 3.8) is 0 Å². The van der Waals surface area contributed by atoms with E-state index >= 15 is 0 Å². The maximum atomic E-state index is 12.3. The maximum absolute atomic E-state index is 12.3. The van der Waals surface area contributed by atoms with Gasteiger partial charge in [-0.05, 0) is 43.9 Å². The minimum atomic E-state index is -0.699. The van der Waals surface area contributed by atoms with Crippen LogP contribution in [0.5, 0.6) is 0 Å². The molecule has 6 heteroatoms. The minimum absolute atomic E-state index is 0.204. The Morgan fingerprint density at radius 1 is 1.24 bits per heavy atom. The molecule has 2 rings (SSSR count). The number of esters is 1. The van der Waals surface area contributed by atoms with Gasteiger partial charge in [0.05, 0.1) is 0 Å². The highest BCUT2D eigenvalue weighted by atomic mass is 16.5. The van der Waals surface area contributed by atoms with E-state index in [4.69, 9.17) is 9.94 Å². The summed E-state index contributed by atoms with van der Waals surface area (Å²) in [5.41, 5.74) is 2.51. The number of carbonyl (C=O) groups excluding carboxylic acids is 2. The molecule has 1 amide bonds. The molecule has 136 valence electrons. The van der Waals surface area contributed by atoms with Crippen molar-refractivity contribution in [3.05, 3.63) is 41.5 Å². The summed E-state index contributed by atoms with van der Waals surface area (Å²) in [5, 5.41) is 11.8. The summed E-state index contributed by atoms with van der Waals surface area (Å²) in [5.74, 6) is -0.849. The molecule has 0 heterocycles. The quantitative estimate of drug-likeness (QED) is 0.306. The summed E-state index contributed by atoms with van der Waals surface area (Å²) in [4.78, 5) is 23.3. The van der Waals surface area contributed by atoms with Crippen LogP contribution in [-0.2, 0) is 20.9 Å². The van der Waals surface area contributed by atoms with Gasteiger partial charge in [-0.25, -0.2) is 5.48 Å². The largest absolute Gasteiger partial charge is 0.459 e. The van der Waals surface area contributed by atoms with Crippen molar-refractivity contribution >= 4 is 18.0 Å². The summed E-state index contributed by atoms with van der Waals surface area (Å²) in [6.07, 6.45) is 7.45. The van der Waals surface area contributed by atoms with E-state index in [1.165, 1.54) is 24.4 Å². The van der Waals surface area contributed by atoms with E-state index in [1.54, 1.807) is 6.08 Å². The molecule has 0 aromatic heterocycles. The van der Waals surface area contributed by atoms with Crippen LogP contribution >= 0.6 is 0 Å². The first kappa shape index (κ1) is 19.1. The minimum Gasteiger partial charge on any atom is -0.459 e. The van der Waals surface area contributed by atoms with Gasteiger partial charge < -0.3 is 4.74 Å². The average molecular weight is 346 g/mol. The van der Waals surface area contributed by atoms with Gasteiger partial charge in [-0.2, -0.15) is 0 Å². The molecule has 0 radical (unpaired) electrons. The Kier molecular flexibility index (Phi) is 6.73. The van der Waals surface area contributed by atoms with Crippen molar-refractivity contribution in [3.8, 4) is 0 Å². The number of ether oxygens (including phenoxy) is 1. The molecule has 1 aromatic rings. The molecular weight excluding hydrogens is 320 g/mol. The fourth-order valence-corrected chi connectivity index (χ4v) is 2.90. The van der Waals surface area contributed by atoms with E-state index in [0.29, 0.717) is 6.04 Å². The predicted molar refractivity (Wildman–Crippen MR) is 94.7 cm³/mol. The molecule has 1 fully saturated rings. The first-order chi connectivity index (χ1) is 11.9. The van der Waals surface area contributed by atoms with E-state index in [2.05, 4.69) is 5.32 Å². The van der Waals surface area contributed by atoms with Gasteiger partial charge in [0.2, 0.25) is 0 Å². The summed E-state index contributed by atoms with van der Waals surface area (Å²) < 4.78 is 5.44. The fraction of sp³-hybridized carbons (Fsp3) is 0.474. The van der Waals surface area contributed by atoms with Crippen LogP contribution in [-0.4, -0.2) is 28.7 Å². The Labute approximate surface area is 148 Å². The predicted octanol–water partition coefficient (Wildman–Crippen LogP) is 2.56. The molecule has 1 saturated carbocycles. The van der Waals surface area contributed by atoms with Gasteiger partial charge in [-0.3, -0.25) is 20.1 Å². The van der Waals surface area contributed by atoms with Gasteiger partial charge in [0.15, 0.2) is 0 Å². The highest BCUT2D eigenvalue weighted by Crippen LogP contribution is 2.21. The number of benzene rings is 1. The number of nitrogens with one attached hydrogen (secondary N) is 2. The first-order valence-electron chi connectivity index (χ1n) is 8.57. The second-order valence-electron chi connectivity index (χ2n) is 6.88. The van der Waals surface area contributed by atoms with Crippen molar-refractivity contribution in [2.24, 2.45) is 0 Å². The van der Waals surface area contributed by atoms with Crippen LogP contribution < -0.4 is 10.8 Å². The highest BCUT2D eigenvalue weighted by molar-refractivity contribution is 5.90. The van der Waals surface area contributed by atoms with Gasteiger partial charge in [0.1, 0.15) is 12.1 Å². The molecule has 0 atom stereocenters. The summed E-state index contributed by atoms with van der Waals surface area (Å²) in [6, 6.07) is 7.69. The zero-order chi connectivity index (χ0) is 18.3. The standard InChI is InChI=1S/C19H26N2O4/c1-19(2,20-16-5-3-4-6-16)18(23)25-13-15-9-7-14(8-10-15)11-12-17(22)21-24/h7-12,16,20,24H,3-6,13H2,1-2H3,(H,21,22). The number of hydroxylamine groups is 1. The lowest BCUT2D eigenvalue weighted by Crippen LogP contribution is -2.51. The molecule has 0 aliphatic heterocycles. The molecule has 1 aliphatic carbocycles. The van der Waals surface area contributed by atoms with Crippen molar-refractivity contribution in [1.29, 1.82) is 0 Å². The van der Waals surface area contributed by atoms with Crippen molar-refractivity contribution in [2.45, 2.75) is 57.7 Å². The maximum Gasteiger partial charge on any atom is 0.326 e. The topological polar surface area (TPSA) is 87.7 Å². The highest BCUT2D eigenvalue weighted by Gasteiger charge is 2.32. The molecule has 0 spiro atoms. The monoisotopic (exact) mass is 346 g/mol. The van der Waals surface area contributed by atoms with Gasteiger partial charge in [0, 0.05) is 12.1 Å². The second-order valence-corrected chi connectivity index (χ2v) is 6.88. The van der Waals surface area contributed by atoms with E-state index in [1.807, 2.05) is 38.1 Å². The van der Waals surface area contributed by atoms with Crippen molar-refractivity contribution < 1.29 is 19.5 Å². The normalized spacial score (nSPS) is 15.5.